The lowest BCUT2D eigenvalue weighted by Gasteiger charge is -2.36. The standard InChI is InChI=1S/C17H23N3O2/c1-12(21)19-15-7-4-8-20(11-15)17(22)16-9-13-5-2-3-6-14(13)10-18-16/h2-3,5-6,15-16,18H,4,7-11H2,1H3,(H,19,21). The zero-order valence-corrected chi connectivity index (χ0v) is 13.0. The maximum Gasteiger partial charge on any atom is 0.240 e. The zero-order chi connectivity index (χ0) is 15.5. The molecule has 2 atom stereocenters. The third kappa shape index (κ3) is 3.30. The van der Waals surface area contributed by atoms with Crippen molar-refractivity contribution in [3.63, 3.8) is 0 Å². The van der Waals surface area contributed by atoms with Gasteiger partial charge in [0.2, 0.25) is 11.8 Å². The lowest BCUT2D eigenvalue weighted by atomic mass is 9.94. The Balaban J connectivity index is 1.63. The number of amides is 2. The first-order chi connectivity index (χ1) is 10.6. The Bertz CT molecular complexity index is 573. The van der Waals surface area contributed by atoms with E-state index in [9.17, 15) is 9.59 Å². The van der Waals surface area contributed by atoms with Gasteiger partial charge in [0.05, 0.1) is 6.04 Å². The first kappa shape index (κ1) is 15.0. The Morgan fingerprint density at radius 2 is 2.05 bits per heavy atom. The minimum atomic E-state index is -0.147. The van der Waals surface area contributed by atoms with Crippen molar-refractivity contribution in [3.05, 3.63) is 35.4 Å². The summed E-state index contributed by atoms with van der Waals surface area (Å²) in [6.07, 6.45) is 2.64. The molecule has 0 saturated carbocycles. The predicted molar refractivity (Wildman–Crippen MR) is 84.2 cm³/mol. The lowest BCUT2D eigenvalue weighted by Crippen LogP contribution is -2.55. The zero-order valence-electron chi connectivity index (χ0n) is 13.0. The highest BCUT2D eigenvalue weighted by Gasteiger charge is 2.31. The molecule has 1 aromatic rings. The van der Waals surface area contributed by atoms with Crippen molar-refractivity contribution in [1.82, 2.24) is 15.5 Å². The van der Waals surface area contributed by atoms with Gasteiger partial charge in [0.15, 0.2) is 0 Å². The van der Waals surface area contributed by atoms with Crippen molar-refractivity contribution >= 4 is 11.8 Å². The van der Waals surface area contributed by atoms with E-state index >= 15 is 0 Å². The molecule has 0 bridgehead atoms. The van der Waals surface area contributed by atoms with E-state index in [-0.39, 0.29) is 23.9 Å². The third-order valence-corrected chi connectivity index (χ3v) is 4.52. The van der Waals surface area contributed by atoms with Crippen LogP contribution in [0.4, 0.5) is 0 Å². The number of benzene rings is 1. The highest BCUT2D eigenvalue weighted by atomic mass is 16.2. The molecule has 0 aliphatic carbocycles. The third-order valence-electron chi connectivity index (χ3n) is 4.52. The van der Waals surface area contributed by atoms with E-state index in [0.29, 0.717) is 6.54 Å². The van der Waals surface area contributed by atoms with Crippen LogP contribution in [0.25, 0.3) is 0 Å². The molecule has 2 aliphatic rings. The molecule has 2 aliphatic heterocycles. The van der Waals surface area contributed by atoms with Crippen molar-refractivity contribution in [2.24, 2.45) is 0 Å². The van der Waals surface area contributed by atoms with Crippen molar-refractivity contribution in [2.75, 3.05) is 13.1 Å². The van der Waals surface area contributed by atoms with Gasteiger partial charge in [-0.2, -0.15) is 0 Å². The molecule has 22 heavy (non-hydrogen) atoms. The molecule has 2 N–H and O–H groups in total. The van der Waals surface area contributed by atoms with Crippen LogP contribution in [0.3, 0.4) is 0 Å². The molecule has 2 amide bonds. The molecule has 5 heteroatoms. The molecule has 2 heterocycles. The molecular formula is C17H23N3O2. The number of rotatable bonds is 2. The smallest absolute Gasteiger partial charge is 0.240 e. The minimum Gasteiger partial charge on any atom is -0.352 e. The molecule has 5 nitrogen and oxygen atoms in total. The maximum absolute atomic E-state index is 12.7. The van der Waals surface area contributed by atoms with Gasteiger partial charge < -0.3 is 15.5 Å². The number of carbonyl (C=O) groups is 2. The van der Waals surface area contributed by atoms with Gasteiger partial charge in [-0.3, -0.25) is 9.59 Å². The van der Waals surface area contributed by atoms with Gasteiger partial charge >= 0.3 is 0 Å². The van der Waals surface area contributed by atoms with Crippen LogP contribution in [-0.2, 0) is 22.6 Å². The van der Waals surface area contributed by atoms with E-state index in [4.69, 9.17) is 0 Å². The highest BCUT2D eigenvalue weighted by molar-refractivity contribution is 5.83. The Morgan fingerprint density at radius 3 is 2.82 bits per heavy atom. The number of hydrogen-bond donors (Lipinski definition) is 2. The van der Waals surface area contributed by atoms with Gasteiger partial charge in [-0.15, -0.1) is 0 Å². The molecule has 0 radical (unpaired) electrons. The van der Waals surface area contributed by atoms with Crippen LogP contribution < -0.4 is 10.6 Å². The number of likely N-dealkylation sites (tertiary alicyclic amines) is 1. The first-order valence-electron chi connectivity index (χ1n) is 7.99. The Kier molecular flexibility index (Phi) is 4.43. The van der Waals surface area contributed by atoms with Gasteiger partial charge in [-0.1, -0.05) is 24.3 Å². The Hall–Kier alpha value is -1.88. The second-order valence-electron chi connectivity index (χ2n) is 6.23. The molecule has 0 spiro atoms. The Labute approximate surface area is 131 Å². The number of piperidine rings is 1. The summed E-state index contributed by atoms with van der Waals surface area (Å²) in [6, 6.07) is 8.21. The summed E-state index contributed by atoms with van der Waals surface area (Å²) in [5.41, 5.74) is 2.54. The lowest BCUT2D eigenvalue weighted by molar-refractivity contribution is -0.135. The van der Waals surface area contributed by atoms with Crippen molar-refractivity contribution in [1.29, 1.82) is 0 Å². The molecule has 1 aromatic carbocycles. The van der Waals surface area contributed by atoms with E-state index in [1.165, 1.54) is 18.1 Å². The van der Waals surface area contributed by atoms with E-state index in [0.717, 1.165) is 32.4 Å². The number of nitrogens with one attached hydrogen (secondary N) is 2. The summed E-state index contributed by atoms with van der Waals surface area (Å²) >= 11 is 0. The summed E-state index contributed by atoms with van der Waals surface area (Å²) in [7, 11) is 0. The van der Waals surface area contributed by atoms with Crippen LogP contribution in [-0.4, -0.2) is 41.9 Å². The largest absolute Gasteiger partial charge is 0.352 e. The van der Waals surface area contributed by atoms with E-state index < -0.39 is 0 Å². The summed E-state index contributed by atoms with van der Waals surface area (Å²) in [5.74, 6) is 0.133. The number of hydrogen-bond acceptors (Lipinski definition) is 3. The molecule has 1 saturated heterocycles. The van der Waals surface area contributed by atoms with Crippen LogP contribution in [0.15, 0.2) is 24.3 Å². The van der Waals surface area contributed by atoms with E-state index in [1.54, 1.807) is 0 Å². The van der Waals surface area contributed by atoms with Crippen molar-refractivity contribution < 1.29 is 9.59 Å². The molecule has 0 aromatic heterocycles. The summed E-state index contributed by atoms with van der Waals surface area (Å²) in [4.78, 5) is 25.8. The van der Waals surface area contributed by atoms with Crippen LogP contribution >= 0.6 is 0 Å². The summed E-state index contributed by atoms with van der Waals surface area (Å²) < 4.78 is 0. The van der Waals surface area contributed by atoms with Crippen LogP contribution in [0, 0.1) is 0 Å². The fourth-order valence-corrected chi connectivity index (χ4v) is 3.43. The predicted octanol–water partition coefficient (Wildman–Crippen LogP) is 0.828. The van der Waals surface area contributed by atoms with Crippen LogP contribution in [0.2, 0.25) is 0 Å². The molecule has 118 valence electrons. The first-order valence-corrected chi connectivity index (χ1v) is 7.99. The van der Waals surface area contributed by atoms with E-state index in [2.05, 4.69) is 22.8 Å². The second kappa shape index (κ2) is 6.48. The van der Waals surface area contributed by atoms with Crippen LogP contribution in [0.1, 0.15) is 30.9 Å². The molecule has 2 unspecified atom stereocenters. The topological polar surface area (TPSA) is 61.4 Å². The summed E-state index contributed by atoms with van der Waals surface area (Å²) in [5, 5.41) is 6.28. The van der Waals surface area contributed by atoms with Crippen molar-refractivity contribution in [3.8, 4) is 0 Å². The Morgan fingerprint density at radius 1 is 1.27 bits per heavy atom. The number of nitrogens with zero attached hydrogens (tertiary/aromatic N) is 1. The highest BCUT2D eigenvalue weighted by Crippen LogP contribution is 2.19. The molecule has 3 rings (SSSR count). The SMILES string of the molecule is CC(=O)NC1CCCN(C(=O)C2Cc3ccccc3CN2)C1. The second-order valence-corrected chi connectivity index (χ2v) is 6.23. The van der Waals surface area contributed by atoms with Crippen LogP contribution in [0.5, 0.6) is 0 Å². The van der Waals surface area contributed by atoms with Gasteiger partial charge in [0.25, 0.3) is 0 Å². The van der Waals surface area contributed by atoms with Crippen molar-refractivity contribution in [2.45, 2.75) is 44.8 Å². The van der Waals surface area contributed by atoms with Gasteiger partial charge in [-0.25, -0.2) is 0 Å². The monoisotopic (exact) mass is 301 g/mol. The quantitative estimate of drug-likeness (QED) is 0.850. The average molecular weight is 301 g/mol. The summed E-state index contributed by atoms with van der Waals surface area (Å²) in [6.45, 7) is 3.68. The average Bonchev–Trinajstić information content (AvgIpc) is 2.53. The fourth-order valence-electron chi connectivity index (χ4n) is 3.43. The number of carbonyl (C=O) groups excluding carboxylic acids is 2. The van der Waals surface area contributed by atoms with Gasteiger partial charge in [0, 0.05) is 32.6 Å². The fraction of sp³-hybridized carbons (Fsp3) is 0.529. The normalized spacial score (nSPS) is 24.5. The number of fused-ring (bicyclic) bond motifs is 1. The van der Waals surface area contributed by atoms with Gasteiger partial charge in [0.1, 0.15) is 0 Å². The van der Waals surface area contributed by atoms with E-state index in [1.807, 2.05) is 17.0 Å². The molecule has 1 fully saturated rings. The maximum atomic E-state index is 12.7. The van der Waals surface area contributed by atoms with Gasteiger partial charge in [-0.05, 0) is 30.4 Å². The molecular weight excluding hydrogens is 278 g/mol. The minimum absolute atomic E-state index is 0.0241.